The molecule has 0 fully saturated rings. The van der Waals surface area contributed by atoms with Gasteiger partial charge >= 0.3 is 0 Å². The van der Waals surface area contributed by atoms with Crippen LogP contribution in [0.2, 0.25) is 0 Å². The largest absolute Gasteiger partial charge is 0.508 e. The van der Waals surface area contributed by atoms with Crippen LogP contribution in [-0.2, 0) is 12.8 Å². The maximum absolute atomic E-state index is 10.4. The zero-order valence-electron chi connectivity index (χ0n) is 13.7. The van der Waals surface area contributed by atoms with Crippen LogP contribution >= 0.6 is 0 Å². The molecule has 5 heteroatoms. The van der Waals surface area contributed by atoms with E-state index >= 15 is 0 Å². The van der Waals surface area contributed by atoms with E-state index in [1.165, 1.54) is 6.07 Å². The van der Waals surface area contributed by atoms with E-state index in [0.717, 1.165) is 5.56 Å². The molecule has 130 valence electrons. The van der Waals surface area contributed by atoms with Crippen molar-refractivity contribution in [2.45, 2.75) is 38.4 Å². The van der Waals surface area contributed by atoms with Gasteiger partial charge in [0, 0.05) is 18.1 Å². The van der Waals surface area contributed by atoms with Crippen LogP contribution in [0.1, 0.15) is 24.5 Å². The summed E-state index contributed by atoms with van der Waals surface area (Å²) in [7, 11) is 0. The second-order valence-corrected chi connectivity index (χ2v) is 5.90. The van der Waals surface area contributed by atoms with Gasteiger partial charge in [0.15, 0.2) is 0 Å². The molecule has 0 bridgehead atoms. The normalized spacial score (nSPS) is 13.7. The average Bonchev–Trinajstić information content (AvgIpc) is 2.55. The maximum atomic E-state index is 10.4. The van der Waals surface area contributed by atoms with Crippen LogP contribution in [0.15, 0.2) is 36.4 Å². The minimum atomic E-state index is -1.00. The number of phenolic OH excluding ortho intramolecular Hbond substituents is 2. The summed E-state index contributed by atoms with van der Waals surface area (Å²) >= 11 is 0. The predicted molar refractivity (Wildman–Crippen MR) is 92.0 cm³/mol. The first kappa shape index (κ1) is 18.3. The number of hydrogen-bond donors (Lipinski definition) is 5. The molecule has 2 aromatic carbocycles. The molecule has 2 rings (SSSR count). The smallest absolute Gasteiger partial charge is 0.127 e. The monoisotopic (exact) mass is 332 g/mol. The number of aliphatic hydroxyl groups excluding tert-OH is 3. The van der Waals surface area contributed by atoms with Gasteiger partial charge in [-0.15, -0.1) is 0 Å². The molecule has 0 amide bonds. The molecule has 0 heterocycles. The summed E-state index contributed by atoms with van der Waals surface area (Å²) < 4.78 is 0. The fourth-order valence-electron chi connectivity index (χ4n) is 3.00. The highest BCUT2D eigenvalue weighted by Crippen LogP contribution is 2.40. The summed E-state index contributed by atoms with van der Waals surface area (Å²) in [4.78, 5) is 0. The van der Waals surface area contributed by atoms with Crippen LogP contribution in [0.3, 0.4) is 0 Å². The second kappa shape index (κ2) is 8.15. The molecular weight excluding hydrogens is 308 g/mol. The van der Waals surface area contributed by atoms with Gasteiger partial charge in [-0.1, -0.05) is 37.3 Å². The molecule has 0 radical (unpaired) electrons. The SMILES string of the molecule is CCc1c(O)cc(O)c(-c2ccccc2)c1CC(O)CC(O)CO. The van der Waals surface area contributed by atoms with Crippen LogP contribution in [0.5, 0.6) is 11.5 Å². The molecule has 2 unspecified atom stereocenters. The lowest BCUT2D eigenvalue weighted by Crippen LogP contribution is -2.23. The predicted octanol–water partition coefficient (Wildman–Crippen LogP) is 1.97. The fraction of sp³-hybridized carbons (Fsp3) is 0.368. The van der Waals surface area contributed by atoms with Crippen molar-refractivity contribution in [2.24, 2.45) is 0 Å². The molecule has 0 saturated heterocycles. The number of phenols is 2. The van der Waals surface area contributed by atoms with Gasteiger partial charge in [-0.05, 0) is 29.5 Å². The average molecular weight is 332 g/mol. The first-order chi connectivity index (χ1) is 11.5. The molecule has 5 N–H and O–H groups in total. The van der Waals surface area contributed by atoms with E-state index in [1.807, 2.05) is 37.3 Å². The lowest BCUT2D eigenvalue weighted by atomic mass is 9.88. The fourth-order valence-corrected chi connectivity index (χ4v) is 3.00. The minimum absolute atomic E-state index is 0.0143. The third-order valence-electron chi connectivity index (χ3n) is 4.12. The van der Waals surface area contributed by atoms with Crippen LogP contribution < -0.4 is 0 Å². The number of aliphatic hydroxyl groups is 3. The van der Waals surface area contributed by atoms with Gasteiger partial charge in [0.05, 0.1) is 18.8 Å². The highest BCUT2D eigenvalue weighted by atomic mass is 16.3. The Balaban J connectivity index is 2.50. The molecule has 2 aromatic rings. The van der Waals surface area contributed by atoms with E-state index in [4.69, 9.17) is 5.11 Å². The molecule has 0 aliphatic rings. The highest BCUT2D eigenvalue weighted by molar-refractivity contribution is 5.77. The summed E-state index contributed by atoms with van der Waals surface area (Å²) in [5, 5.41) is 49.2. The van der Waals surface area contributed by atoms with Crippen molar-refractivity contribution in [3.63, 3.8) is 0 Å². The number of aromatic hydroxyl groups is 2. The first-order valence-corrected chi connectivity index (χ1v) is 8.07. The molecule has 2 atom stereocenters. The molecule has 0 aliphatic carbocycles. The summed E-state index contributed by atoms with van der Waals surface area (Å²) in [6, 6.07) is 10.6. The van der Waals surface area contributed by atoms with Crippen molar-refractivity contribution >= 4 is 0 Å². The van der Waals surface area contributed by atoms with Crippen molar-refractivity contribution in [1.29, 1.82) is 0 Å². The van der Waals surface area contributed by atoms with Gasteiger partial charge in [-0.3, -0.25) is 0 Å². The van der Waals surface area contributed by atoms with Crippen LogP contribution in [0.25, 0.3) is 11.1 Å². The quantitative estimate of drug-likeness (QED) is 0.534. The van der Waals surface area contributed by atoms with Gasteiger partial charge in [0.25, 0.3) is 0 Å². The Hall–Kier alpha value is -2.08. The number of rotatable bonds is 7. The van der Waals surface area contributed by atoms with E-state index < -0.39 is 18.8 Å². The molecule has 0 aromatic heterocycles. The molecule has 0 aliphatic heterocycles. The summed E-state index contributed by atoms with van der Waals surface area (Å²) in [5.74, 6) is -0.0691. The summed E-state index contributed by atoms with van der Waals surface area (Å²) in [6.07, 6.45) is -1.19. The van der Waals surface area contributed by atoms with Gasteiger partial charge in [-0.2, -0.15) is 0 Å². The minimum Gasteiger partial charge on any atom is -0.508 e. The topological polar surface area (TPSA) is 101 Å². The molecular formula is C19H24O5. The Morgan fingerprint density at radius 1 is 0.917 bits per heavy atom. The standard InChI is InChI=1S/C19H24O5/c1-2-15-16(9-13(21)8-14(22)11-20)19(18(24)10-17(15)23)12-6-4-3-5-7-12/h3-7,10,13-14,20-24H,2,8-9,11H2,1H3. The van der Waals surface area contributed by atoms with Crippen molar-refractivity contribution < 1.29 is 25.5 Å². The Labute approximate surface area is 141 Å². The zero-order chi connectivity index (χ0) is 17.7. The third-order valence-corrected chi connectivity index (χ3v) is 4.12. The van der Waals surface area contributed by atoms with E-state index in [-0.39, 0.29) is 24.3 Å². The van der Waals surface area contributed by atoms with Crippen molar-refractivity contribution in [3.8, 4) is 22.6 Å². The van der Waals surface area contributed by atoms with E-state index in [0.29, 0.717) is 23.1 Å². The Morgan fingerprint density at radius 3 is 2.17 bits per heavy atom. The van der Waals surface area contributed by atoms with Gasteiger partial charge in [0.1, 0.15) is 11.5 Å². The summed E-state index contributed by atoms with van der Waals surface area (Å²) in [5.41, 5.74) is 2.67. The van der Waals surface area contributed by atoms with Crippen molar-refractivity contribution in [3.05, 3.63) is 47.5 Å². The van der Waals surface area contributed by atoms with Crippen LogP contribution in [0.4, 0.5) is 0 Å². The highest BCUT2D eigenvalue weighted by Gasteiger charge is 2.21. The first-order valence-electron chi connectivity index (χ1n) is 8.07. The lowest BCUT2D eigenvalue weighted by Gasteiger charge is -2.21. The molecule has 5 nitrogen and oxygen atoms in total. The molecule has 24 heavy (non-hydrogen) atoms. The van der Waals surface area contributed by atoms with Gasteiger partial charge in [-0.25, -0.2) is 0 Å². The van der Waals surface area contributed by atoms with E-state index in [9.17, 15) is 20.4 Å². The maximum Gasteiger partial charge on any atom is 0.127 e. The summed E-state index contributed by atoms with van der Waals surface area (Å²) in [6.45, 7) is 1.47. The van der Waals surface area contributed by atoms with Crippen LogP contribution in [-0.4, -0.2) is 44.3 Å². The van der Waals surface area contributed by atoms with Gasteiger partial charge in [0.2, 0.25) is 0 Å². The zero-order valence-corrected chi connectivity index (χ0v) is 13.7. The van der Waals surface area contributed by atoms with Crippen molar-refractivity contribution in [2.75, 3.05) is 6.61 Å². The van der Waals surface area contributed by atoms with E-state index in [1.54, 1.807) is 0 Å². The third kappa shape index (κ3) is 4.06. The number of hydrogen-bond acceptors (Lipinski definition) is 5. The van der Waals surface area contributed by atoms with Gasteiger partial charge < -0.3 is 25.5 Å². The molecule has 0 spiro atoms. The lowest BCUT2D eigenvalue weighted by molar-refractivity contribution is 0.0419. The van der Waals surface area contributed by atoms with Crippen LogP contribution in [0, 0.1) is 0 Å². The number of benzene rings is 2. The Bertz CT molecular complexity index is 669. The Kier molecular flexibility index (Phi) is 6.20. The Morgan fingerprint density at radius 2 is 1.58 bits per heavy atom. The second-order valence-electron chi connectivity index (χ2n) is 5.90. The molecule has 0 saturated carbocycles. The van der Waals surface area contributed by atoms with Crippen molar-refractivity contribution in [1.82, 2.24) is 0 Å². The van der Waals surface area contributed by atoms with E-state index in [2.05, 4.69) is 0 Å².